The normalized spacial score (nSPS) is 10.9. The molecule has 4 nitrogen and oxygen atoms in total. The molecule has 0 atom stereocenters. The quantitative estimate of drug-likeness (QED) is 0.688. The molecule has 0 aliphatic carbocycles. The largest absolute Gasteiger partial charge is 0.284 e. The molecule has 0 aliphatic rings. The van der Waals surface area contributed by atoms with Crippen molar-refractivity contribution in [3.8, 4) is 5.69 Å². The van der Waals surface area contributed by atoms with Crippen LogP contribution in [0, 0.1) is 6.92 Å². The Labute approximate surface area is 97.5 Å². The molecule has 0 bridgehead atoms. The number of aryl methyl sites for hydroxylation is 1. The van der Waals surface area contributed by atoms with Gasteiger partial charge >= 0.3 is 0 Å². The molecule has 0 spiro atoms. The van der Waals surface area contributed by atoms with Gasteiger partial charge in [-0.2, -0.15) is 5.10 Å². The first-order chi connectivity index (χ1) is 8.25. The van der Waals surface area contributed by atoms with Crippen molar-refractivity contribution in [2.75, 3.05) is 0 Å². The number of H-pyrrole nitrogens is 1. The van der Waals surface area contributed by atoms with E-state index in [1.54, 1.807) is 22.9 Å². The molecule has 4 heteroatoms. The molecule has 0 aliphatic heterocycles. The maximum atomic E-state index is 11.7. The van der Waals surface area contributed by atoms with Crippen molar-refractivity contribution in [2.24, 2.45) is 0 Å². The number of benzene rings is 1. The molecule has 0 unspecified atom stereocenters. The van der Waals surface area contributed by atoms with Gasteiger partial charge in [0.25, 0.3) is 5.56 Å². The predicted molar refractivity (Wildman–Crippen MR) is 66.4 cm³/mol. The van der Waals surface area contributed by atoms with Crippen molar-refractivity contribution in [1.82, 2.24) is 14.8 Å². The first kappa shape index (κ1) is 9.84. The van der Waals surface area contributed by atoms with Crippen molar-refractivity contribution in [3.05, 3.63) is 58.6 Å². The summed E-state index contributed by atoms with van der Waals surface area (Å²) in [5.74, 6) is 0. The van der Waals surface area contributed by atoms with Gasteiger partial charge in [0.1, 0.15) is 0 Å². The van der Waals surface area contributed by atoms with Crippen LogP contribution in [-0.2, 0) is 0 Å². The maximum Gasteiger partial charge on any atom is 0.255 e. The predicted octanol–water partition coefficient (Wildman–Crippen LogP) is 2.02. The van der Waals surface area contributed by atoms with Crippen molar-refractivity contribution < 1.29 is 0 Å². The van der Waals surface area contributed by atoms with Crippen LogP contribution in [0.1, 0.15) is 5.69 Å². The average Bonchev–Trinajstić information content (AvgIpc) is 2.71. The van der Waals surface area contributed by atoms with Crippen LogP contribution in [-0.4, -0.2) is 14.8 Å². The molecular weight excluding hydrogens is 214 g/mol. The molecular formula is C13H11N3O. The molecule has 0 fully saturated rings. The lowest BCUT2D eigenvalue weighted by Crippen LogP contribution is -2.15. The van der Waals surface area contributed by atoms with Gasteiger partial charge in [-0.25, -0.2) is 0 Å². The molecule has 0 radical (unpaired) electrons. The number of hydrogen-bond donors (Lipinski definition) is 1. The van der Waals surface area contributed by atoms with E-state index in [0.29, 0.717) is 0 Å². The molecule has 2 heterocycles. The highest BCUT2D eigenvalue weighted by molar-refractivity contribution is 5.83. The number of pyridine rings is 1. The Bertz CT molecular complexity index is 740. The summed E-state index contributed by atoms with van der Waals surface area (Å²) in [5, 5.41) is 8.14. The van der Waals surface area contributed by atoms with Crippen LogP contribution in [0.3, 0.4) is 0 Å². The second kappa shape index (κ2) is 3.59. The van der Waals surface area contributed by atoms with Gasteiger partial charge in [-0.1, -0.05) is 6.07 Å². The zero-order valence-electron chi connectivity index (χ0n) is 9.34. The van der Waals surface area contributed by atoms with Gasteiger partial charge in [0, 0.05) is 29.0 Å². The van der Waals surface area contributed by atoms with Gasteiger partial charge in [0.2, 0.25) is 0 Å². The summed E-state index contributed by atoms with van der Waals surface area (Å²) in [7, 11) is 0. The topological polar surface area (TPSA) is 50.7 Å². The summed E-state index contributed by atoms with van der Waals surface area (Å²) < 4.78 is 1.62. The fourth-order valence-electron chi connectivity index (χ4n) is 1.92. The fourth-order valence-corrected chi connectivity index (χ4v) is 1.92. The summed E-state index contributed by atoms with van der Waals surface area (Å²) in [6, 6.07) is 10.9. The average molecular weight is 225 g/mol. The molecule has 0 saturated heterocycles. The summed E-state index contributed by atoms with van der Waals surface area (Å²) in [5.41, 5.74) is 2.74. The molecule has 1 aromatic carbocycles. The minimum Gasteiger partial charge on any atom is -0.284 e. The van der Waals surface area contributed by atoms with E-state index in [1.165, 1.54) is 0 Å². The summed E-state index contributed by atoms with van der Waals surface area (Å²) in [4.78, 5) is 11.7. The van der Waals surface area contributed by atoms with Crippen molar-refractivity contribution in [1.29, 1.82) is 0 Å². The Morgan fingerprint density at radius 2 is 2.12 bits per heavy atom. The van der Waals surface area contributed by atoms with E-state index in [2.05, 4.69) is 10.2 Å². The highest BCUT2D eigenvalue weighted by Crippen LogP contribution is 2.18. The third-order valence-electron chi connectivity index (χ3n) is 2.83. The number of nitrogens with one attached hydrogen (secondary N) is 1. The van der Waals surface area contributed by atoms with Crippen molar-refractivity contribution >= 4 is 10.9 Å². The lowest BCUT2D eigenvalue weighted by Gasteiger charge is -2.04. The Morgan fingerprint density at radius 3 is 2.94 bits per heavy atom. The summed E-state index contributed by atoms with van der Waals surface area (Å²) >= 11 is 0. The molecule has 0 amide bonds. The molecule has 3 aromatic rings. The first-order valence-electron chi connectivity index (χ1n) is 5.38. The second-order valence-corrected chi connectivity index (χ2v) is 3.96. The van der Waals surface area contributed by atoms with E-state index in [9.17, 15) is 4.79 Å². The fraction of sp³-hybridized carbons (Fsp3) is 0.0769. The lowest BCUT2D eigenvalue weighted by atomic mass is 10.2. The maximum absolute atomic E-state index is 11.7. The Balaban J connectivity index is 2.28. The van der Waals surface area contributed by atoms with Crippen molar-refractivity contribution in [2.45, 2.75) is 6.92 Å². The van der Waals surface area contributed by atoms with Crippen LogP contribution >= 0.6 is 0 Å². The van der Waals surface area contributed by atoms with E-state index in [-0.39, 0.29) is 5.56 Å². The minimum atomic E-state index is -0.0343. The monoisotopic (exact) mass is 225 g/mol. The number of aromatic nitrogens is 3. The summed E-state index contributed by atoms with van der Waals surface area (Å²) in [6.45, 7) is 1.97. The summed E-state index contributed by atoms with van der Waals surface area (Å²) in [6.07, 6.45) is 1.76. The standard InChI is InChI=1S/C13H11N3O/c1-9-11-8-10(5-6-12(11)15-14-9)16-7-3-2-4-13(16)17/h2-8H,1H3,(H,14,15). The van der Waals surface area contributed by atoms with Gasteiger partial charge in [-0.3, -0.25) is 14.5 Å². The number of rotatable bonds is 1. The molecule has 84 valence electrons. The van der Waals surface area contributed by atoms with E-state index < -0.39 is 0 Å². The van der Waals surface area contributed by atoms with E-state index in [0.717, 1.165) is 22.3 Å². The number of nitrogens with zero attached hydrogens (tertiary/aromatic N) is 2. The minimum absolute atomic E-state index is 0.0343. The molecule has 1 N–H and O–H groups in total. The molecule has 17 heavy (non-hydrogen) atoms. The lowest BCUT2D eigenvalue weighted by molar-refractivity contribution is 0.993. The third-order valence-corrected chi connectivity index (χ3v) is 2.83. The highest BCUT2D eigenvalue weighted by atomic mass is 16.1. The highest BCUT2D eigenvalue weighted by Gasteiger charge is 2.04. The molecule has 0 saturated carbocycles. The van der Waals surface area contributed by atoms with E-state index >= 15 is 0 Å². The van der Waals surface area contributed by atoms with Gasteiger partial charge in [0.05, 0.1) is 5.52 Å². The van der Waals surface area contributed by atoms with Gasteiger partial charge in [-0.15, -0.1) is 0 Å². The second-order valence-electron chi connectivity index (χ2n) is 3.96. The number of fused-ring (bicyclic) bond motifs is 1. The molecule has 2 aromatic heterocycles. The molecule has 3 rings (SSSR count). The van der Waals surface area contributed by atoms with Crippen LogP contribution in [0.15, 0.2) is 47.4 Å². The van der Waals surface area contributed by atoms with Gasteiger partial charge in [-0.05, 0) is 31.2 Å². The first-order valence-corrected chi connectivity index (χ1v) is 5.38. The zero-order chi connectivity index (χ0) is 11.8. The van der Waals surface area contributed by atoms with Crippen LogP contribution in [0.25, 0.3) is 16.6 Å². The van der Waals surface area contributed by atoms with E-state index in [1.807, 2.05) is 31.2 Å². The Hall–Kier alpha value is -2.36. The SMILES string of the molecule is Cc1[nH]nc2ccc(-n3ccccc3=O)cc12. The Kier molecular flexibility index (Phi) is 2.08. The van der Waals surface area contributed by atoms with Crippen LogP contribution in [0.2, 0.25) is 0 Å². The third kappa shape index (κ3) is 1.54. The van der Waals surface area contributed by atoms with Gasteiger partial charge < -0.3 is 0 Å². The van der Waals surface area contributed by atoms with Crippen molar-refractivity contribution in [3.63, 3.8) is 0 Å². The van der Waals surface area contributed by atoms with Crippen LogP contribution < -0.4 is 5.56 Å². The van der Waals surface area contributed by atoms with Crippen LogP contribution in [0.5, 0.6) is 0 Å². The number of aromatic amines is 1. The zero-order valence-corrected chi connectivity index (χ0v) is 9.34. The Morgan fingerprint density at radius 1 is 1.24 bits per heavy atom. The van der Waals surface area contributed by atoms with E-state index in [4.69, 9.17) is 0 Å². The van der Waals surface area contributed by atoms with Gasteiger partial charge in [0.15, 0.2) is 0 Å². The number of hydrogen-bond acceptors (Lipinski definition) is 2. The van der Waals surface area contributed by atoms with Crippen LogP contribution in [0.4, 0.5) is 0 Å². The smallest absolute Gasteiger partial charge is 0.255 e.